The van der Waals surface area contributed by atoms with E-state index in [1.165, 1.54) is 0 Å². The number of aliphatic hydroxyl groups is 1. The first-order chi connectivity index (χ1) is 8.49. The van der Waals surface area contributed by atoms with Crippen LogP contribution in [0.3, 0.4) is 0 Å². The molecule has 2 unspecified atom stereocenters. The topological polar surface area (TPSA) is 58.4 Å². The second-order valence-electron chi connectivity index (χ2n) is 5.17. The number of hydrogen-bond acceptors (Lipinski definition) is 3. The van der Waals surface area contributed by atoms with E-state index >= 15 is 0 Å². The molecule has 18 heavy (non-hydrogen) atoms. The lowest BCUT2D eigenvalue weighted by molar-refractivity contribution is 0.0675. The van der Waals surface area contributed by atoms with Crippen LogP contribution in [0.25, 0.3) is 0 Å². The summed E-state index contributed by atoms with van der Waals surface area (Å²) in [5.74, 6) is -0.0122. The highest BCUT2D eigenvalue weighted by atomic mass is 16.3. The number of carbonyl (C=O) groups is 1. The van der Waals surface area contributed by atoms with Crippen molar-refractivity contribution >= 4 is 5.91 Å². The van der Waals surface area contributed by atoms with Gasteiger partial charge in [-0.25, -0.2) is 0 Å². The van der Waals surface area contributed by atoms with Gasteiger partial charge in [0.15, 0.2) is 5.69 Å². The summed E-state index contributed by atoms with van der Waals surface area (Å²) < 4.78 is 1.72. The molecule has 1 fully saturated rings. The van der Waals surface area contributed by atoms with Crippen LogP contribution in [0.2, 0.25) is 0 Å². The van der Waals surface area contributed by atoms with Crippen LogP contribution in [-0.2, 0) is 7.05 Å². The first kappa shape index (κ1) is 13.1. The Labute approximate surface area is 107 Å². The fourth-order valence-corrected chi connectivity index (χ4v) is 2.55. The molecule has 2 heterocycles. The molecule has 1 N–H and O–H groups in total. The molecule has 5 heteroatoms. The highest BCUT2D eigenvalue weighted by molar-refractivity contribution is 5.92. The standard InChI is InChI=1S/C13H21N3O2/c1-9-7-12(14-15(9)3)13(18)16-6-4-5-11(16)8-10(2)17/h7,10-11,17H,4-6,8H2,1-3H3. The molecule has 0 aromatic carbocycles. The average Bonchev–Trinajstić information content (AvgIpc) is 2.85. The van der Waals surface area contributed by atoms with Gasteiger partial charge in [0.25, 0.3) is 5.91 Å². The molecule has 0 spiro atoms. The molecule has 2 atom stereocenters. The Morgan fingerprint density at radius 3 is 2.94 bits per heavy atom. The lowest BCUT2D eigenvalue weighted by Gasteiger charge is -2.24. The number of carbonyl (C=O) groups excluding carboxylic acids is 1. The van der Waals surface area contributed by atoms with E-state index in [0.717, 1.165) is 25.1 Å². The zero-order valence-electron chi connectivity index (χ0n) is 11.3. The van der Waals surface area contributed by atoms with E-state index in [9.17, 15) is 9.90 Å². The lowest BCUT2D eigenvalue weighted by atomic mass is 10.1. The number of aliphatic hydroxyl groups excluding tert-OH is 1. The fourth-order valence-electron chi connectivity index (χ4n) is 2.55. The predicted octanol–water partition coefficient (Wildman–Crippen LogP) is 1.10. The SMILES string of the molecule is Cc1cc(C(=O)N2CCCC2CC(C)O)nn1C. The van der Waals surface area contributed by atoms with Crippen molar-refractivity contribution in [3.8, 4) is 0 Å². The third-order valence-corrected chi connectivity index (χ3v) is 3.58. The van der Waals surface area contributed by atoms with Crippen molar-refractivity contribution in [3.63, 3.8) is 0 Å². The highest BCUT2D eigenvalue weighted by Gasteiger charge is 2.31. The number of rotatable bonds is 3. The monoisotopic (exact) mass is 251 g/mol. The molecule has 1 saturated heterocycles. The number of amides is 1. The van der Waals surface area contributed by atoms with E-state index in [0.29, 0.717) is 12.1 Å². The van der Waals surface area contributed by atoms with Crippen LogP contribution < -0.4 is 0 Å². The van der Waals surface area contributed by atoms with Crippen molar-refractivity contribution in [3.05, 3.63) is 17.5 Å². The molecule has 1 aromatic rings. The Morgan fingerprint density at radius 2 is 2.39 bits per heavy atom. The third-order valence-electron chi connectivity index (χ3n) is 3.58. The minimum Gasteiger partial charge on any atom is -0.393 e. The summed E-state index contributed by atoms with van der Waals surface area (Å²) in [4.78, 5) is 14.2. The van der Waals surface area contributed by atoms with Gasteiger partial charge in [-0.15, -0.1) is 0 Å². The zero-order chi connectivity index (χ0) is 13.3. The van der Waals surface area contributed by atoms with Gasteiger partial charge < -0.3 is 10.0 Å². The summed E-state index contributed by atoms with van der Waals surface area (Å²) >= 11 is 0. The Kier molecular flexibility index (Phi) is 3.71. The number of aryl methyl sites for hydroxylation is 2. The van der Waals surface area contributed by atoms with E-state index in [4.69, 9.17) is 0 Å². The molecule has 0 bridgehead atoms. The Hall–Kier alpha value is -1.36. The van der Waals surface area contributed by atoms with E-state index < -0.39 is 0 Å². The van der Waals surface area contributed by atoms with Gasteiger partial charge in [-0.05, 0) is 39.2 Å². The molecule has 1 amide bonds. The third kappa shape index (κ3) is 2.56. The maximum atomic E-state index is 12.4. The molecule has 0 saturated carbocycles. The molecular formula is C13H21N3O2. The van der Waals surface area contributed by atoms with Gasteiger partial charge in [0, 0.05) is 25.3 Å². The van der Waals surface area contributed by atoms with Gasteiger partial charge >= 0.3 is 0 Å². The maximum absolute atomic E-state index is 12.4. The molecule has 1 aliphatic heterocycles. The van der Waals surface area contributed by atoms with Gasteiger partial charge in [0.1, 0.15) is 0 Å². The minimum absolute atomic E-state index is 0.0122. The zero-order valence-corrected chi connectivity index (χ0v) is 11.3. The van der Waals surface area contributed by atoms with E-state index in [2.05, 4.69) is 5.10 Å². The summed E-state index contributed by atoms with van der Waals surface area (Å²) in [6.45, 7) is 4.47. The van der Waals surface area contributed by atoms with Crippen LogP contribution in [0.15, 0.2) is 6.07 Å². The summed E-state index contributed by atoms with van der Waals surface area (Å²) in [6, 6.07) is 1.97. The second-order valence-corrected chi connectivity index (χ2v) is 5.17. The van der Waals surface area contributed by atoms with Crippen molar-refractivity contribution in [1.29, 1.82) is 0 Å². The van der Waals surface area contributed by atoms with Crippen LogP contribution in [-0.4, -0.2) is 44.4 Å². The van der Waals surface area contributed by atoms with Crippen LogP contribution in [0, 0.1) is 6.92 Å². The van der Waals surface area contributed by atoms with Crippen LogP contribution in [0.4, 0.5) is 0 Å². The Bertz CT molecular complexity index is 420. The summed E-state index contributed by atoms with van der Waals surface area (Å²) in [5.41, 5.74) is 1.48. The molecule has 1 aromatic heterocycles. The van der Waals surface area contributed by atoms with Crippen molar-refractivity contribution in [2.24, 2.45) is 7.05 Å². The van der Waals surface area contributed by atoms with Crippen molar-refractivity contribution in [2.45, 2.75) is 45.3 Å². The molecule has 5 nitrogen and oxygen atoms in total. The van der Waals surface area contributed by atoms with Crippen molar-refractivity contribution in [1.82, 2.24) is 14.7 Å². The van der Waals surface area contributed by atoms with Crippen LogP contribution in [0.5, 0.6) is 0 Å². The van der Waals surface area contributed by atoms with Crippen molar-refractivity contribution < 1.29 is 9.90 Å². The quantitative estimate of drug-likeness (QED) is 0.875. The van der Waals surface area contributed by atoms with Gasteiger partial charge in [0.2, 0.25) is 0 Å². The molecule has 0 aliphatic carbocycles. The molecule has 2 rings (SSSR count). The van der Waals surface area contributed by atoms with Gasteiger partial charge in [0.05, 0.1) is 6.10 Å². The van der Waals surface area contributed by atoms with E-state index in [1.54, 1.807) is 11.6 Å². The Morgan fingerprint density at radius 1 is 1.67 bits per heavy atom. The molecule has 0 radical (unpaired) electrons. The second kappa shape index (κ2) is 5.10. The van der Waals surface area contributed by atoms with Crippen molar-refractivity contribution in [2.75, 3.05) is 6.54 Å². The normalized spacial score (nSPS) is 21.3. The molecular weight excluding hydrogens is 230 g/mol. The first-order valence-corrected chi connectivity index (χ1v) is 6.48. The number of nitrogens with zero attached hydrogens (tertiary/aromatic N) is 3. The summed E-state index contributed by atoms with van der Waals surface area (Å²) in [7, 11) is 1.84. The average molecular weight is 251 g/mol. The summed E-state index contributed by atoms with van der Waals surface area (Å²) in [5, 5.41) is 13.7. The van der Waals surface area contributed by atoms with Gasteiger partial charge in [-0.2, -0.15) is 5.10 Å². The number of aromatic nitrogens is 2. The fraction of sp³-hybridized carbons (Fsp3) is 0.692. The smallest absolute Gasteiger partial charge is 0.274 e. The summed E-state index contributed by atoms with van der Waals surface area (Å²) in [6.07, 6.45) is 2.27. The van der Waals surface area contributed by atoms with E-state index in [-0.39, 0.29) is 18.1 Å². The van der Waals surface area contributed by atoms with E-state index in [1.807, 2.05) is 24.9 Å². The largest absolute Gasteiger partial charge is 0.393 e. The number of likely N-dealkylation sites (tertiary alicyclic amines) is 1. The maximum Gasteiger partial charge on any atom is 0.274 e. The lowest BCUT2D eigenvalue weighted by Crippen LogP contribution is -2.37. The molecule has 100 valence electrons. The highest BCUT2D eigenvalue weighted by Crippen LogP contribution is 2.23. The minimum atomic E-state index is -0.367. The number of hydrogen-bond donors (Lipinski definition) is 1. The first-order valence-electron chi connectivity index (χ1n) is 6.48. The molecule has 1 aliphatic rings. The van der Waals surface area contributed by atoms with Gasteiger partial charge in [-0.3, -0.25) is 9.48 Å². The van der Waals surface area contributed by atoms with Gasteiger partial charge in [-0.1, -0.05) is 0 Å². The van der Waals surface area contributed by atoms with Crippen LogP contribution in [0.1, 0.15) is 42.4 Å². The predicted molar refractivity (Wildman–Crippen MR) is 68.3 cm³/mol. The van der Waals surface area contributed by atoms with Crippen LogP contribution >= 0.6 is 0 Å². The Balaban J connectivity index is 2.12.